The van der Waals surface area contributed by atoms with Crippen molar-refractivity contribution in [3.8, 4) is 5.75 Å². The first-order chi connectivity index (χ1) is 9.81. The van der Waals surface area contributed by atoms with E-state index in [9.17, 15) is 8.42 Å². The van der Waals surface area contributed by atoms with Gasteiger partial charge in [-0.3, -0.25) is 0 Å². The van der Waals surface area contributed by atoms with E-state index in [1.807, 2.05) is 6.92 Å². The van der Waals surface area contributed by atoms with Gasteiger partial charge >= 0.3 is 0 Å². The van der Waals surface area contributed by atoms with Crippen LogP contribution in [0.15, 0.2) is 21.6 Å². The van der Waals surface area contributed by atoms with Crippen molar-refractivity contribution in [1.29, 1.82) is 0 Å². The molecule has 0 aliphatic carbocycles. The minimum absolute atomic E-state index is 0.0974. The molecule has 0 fully saturated rings. The first-order valence-corrected chi connectivity index (χ1v) is 7.94. The Balaban J connectivity index is 2.19. The van der Waals surface area contributed by atoms with Crippen LogP contribution < -0.4 is 9.88 Å². The number of hydrogen-bond acceptors (Lipinski definition) is 6. The molecule has 21 heavy (non-hydrogen) atoms. The molecule has 114 valence electrons. The third-order valence-corrected chi connectivity index (χ3v) is 4.00. The van der Waals surface area contributed by atoms with E-state index in [2.05, 4.69) is 10.1 Å². The molecule has 2 aromatic rings. The Bertz CT molecular complexity index is 753. The summed E-state index contributed by atoms with van der Waals surface area (Å²) in [7, 11) is -3.74. The Morgan fingerprint density at radius 2 is 2.00 bits per heavy atom. The molecule has 0 aliphatic rings. The molecule has 1 aromatic carbocycles. The molecule has 0 aliphatic heterocycles. The fourth-order valence-corrected chi connectivity index (χ4v) is 2.71. The molecule has 0 bridgehead atoms. The van der Waals surface area contributed by atoms with Gasteiger partial charge in [-0.1, -0.05) is 12.1 Å². The molecule has 1 aromatic heterocycles. The van der Waals surface area contributed by atoms with Gasteiger partial charge in [-0.25, -0.2) is 13.6 Å². The summed E-state index contributed by atoms with van der Waals surface area (Å²) < 4.78 is 33.5. The Morgan fingerprint density at radius 3 is 2.57 bits per heavy atom. The van der Waals surface area contributed by atoms with Crippen LogP contribution >= 0.6 is 0 Å². The summed E-state index contributed by atoms with van der Waals surface area (Å²) in [4.78, 5) is 4.23. The second kappa shape index (κ2) is 5.82. The van der Waals surface area contributed by atoms with Gasteiger partial charge < -0.3 is 9.26 Å². The first kappa shape index (κ1) is 15.5. The molecule has 7 nitrogen and oxygen atoms in total. The lowest BCUT2D eigenvalue weighted by Crippen LogP contribution is -2.14. The van der Waals surface area contributed by atoms with E-state index in [0.717, 1.165) is 0 Å². The lowest BCUT2D eigenvalue weighted by atomic mass is 10.1. The fraction of sp³-hybridized carbons (Fsp3) is 0.385. The zero-order valence-electron chi connectivity index (χ0n) is 12.1. The molecule has 1 heterocycles. The van der Waals surface area contributed by atoms with Crippen molar-refractivity contribution >= 4 is 10.0 Å². The summed E-state index contributed by atoms with van der Waals surface area (Å²) in [5, 5.41) is 8.94. The largest absolute Gasteiger partial charge is 0.485 e. The van der Waals surface area contributed by atoms with Gasteiger partial charge in [-0.05, 0) is 37.1 Å². The van der Waals surface area contributed by atoms with E-state index < -0.39 is 10.0 Å². The van der Waals surface area contributed by atoms with Crippen LogP contribution in [0.25, 0.3) is 0 Å². The van der Waals surface area contributed by atoms with E-state index in [1.54, 1.807) is 19.9 Å². The Morgan fingerprint density at radius 1 is 1.29 bits per heavy atom. The maximum absolute atomic E-state index is 11.4. The number of aryl methyl sites for hydroxylation is 3. The molecule has 0 amide bonds. The van der Waals surface area contributed by atoms with Crippen molar-refractivity contribution in [2.45, 2.75) is 38.7 Å². The monoisotopic (exact) mass is 311 g/mol. The second-order valence-electron chi connectivity index (χ2n) is 4.67. The van der Waals surface area contributed by atoms with E-state index in [0.29, 0.717) is 35.0 Å². The van der Waals surface area contributed by atoms with Crippen LogP contribution in [0, 0.1) is 13.8 Å². The summed E-state index contributed by atoms with van der Waals surface area (Å²) in [6, 6.07) is 3.13. The van der Waals surface area contributed by atoms with Crippen molar-refractivity contribution in [3.63, 3.8) is 0 Å². The lowest BCUT2D eigenvalue weighted by molar-refractivity contribution is 0.283. The Hall–Kier alpha value is -1.93. The van der Waals surface area contributed by atoms with Gasteiger partial charge in [-0.2, -0.15) is 4.98 Å². The first-order valence-electron chi connectivity index (χ1n) is 6.39. The summed E-state index contributed by atoms with van der Waals surface area (Å²) in [5.41, 5.74) is 1.20. The van der Waals surface area contributed by atoms with Gasteiger partial charge in [0.05, 0.1) is 4.90 Å². The minimum Gasteiger partial charge on any atom is -0.485 e. The number of nitrogens with zero attached hydrogens (tertiary/aromatic N) is 2. The topological polar surface area (TPSA) is 108 Å². The van der Waals surface area contributed by atoms with Gasteiger partial charge in [0.1, 0.15) is 5.75 Å². The maximum atomic E-state index is 11.4. The van der Waals surface area contributed by atoms with Crippen LogP contribution in [0.5, 0.6) is 5.75 Å². The van der Waals surface area contributed by atoms with Crippen molar-refractivity contribution in [2.24, 2.45) is 5.14 Å². The third-order valence-electron chi connectivity index (χ3n) is 2.95. The van der Waals surface area contributed by atoms with Crippen LogP contribution in [-0.2, 0) is 23.1 Å². The molecule has 0 spiro atoms. The SMILES string of the molecule is CCc1nc(COc2cc(C)c(S(N)(=O)=O)cc2C)no1. The number of ether oxygens (including phenoxy) is 1. The normalized spacial score (nSPS) is 11.6. The molecule has 0 saturated carbocycles. The molecule has 0 radical (unpaired) electrons. The summed E-state index contributed by atoms with van der Waals surface area (Å²) in [6.45, 7) is 5.48. The van der Waals surface area contributed by atoms with Crippen LogP contribution in [0.1, 0.15) is 29.8 Å². The standard InChI is InChI=1S/C13H17N3O4S/c1-4-13-15-12(16-20-13)7-19-10-5-9(3)11(6-8(10)2)21(14,17)18/h5-6H,4,7H2,1-3H3,(H2,14,17,18). The molecular formula is C13H17N3O4S. The minimum atomic E-state index is -3.74. The maximum Gasteiger partial charge on any atom is 0.238 e. The molecule has 2 rings (SSSR count). The van der Waals surface area contributed by atoms with Crippen molar-refractivity contribution < 1.29 is 17.7 Å². The molecule has 0 unspecified atom stereocenters. The predicted octanol–water partition coefficient (Wildman–Crippen LogP) is 1.48. The predicted molar refractivity (Wildman–Crippen MR) is 75.3 cm³/mol. The van der Waals surface area contributed by atoms with Crippen molar-refractivity contribution in [2.75, 3.05) is 0 Å². The van der Waals surface area contributed by atoms with E-state index in [4.69, 9.17) is 14.4 Å². The molecule has 8 heteroatoms. The molecule has 0 saturated heterocycles. The zero-order valence-corrected chi connectivity index (χ0v) is 12.9. The van der Waals surface area contributed by atoms with Crippen LogP contribution in [0.2, 0.25) is 0 Å². The van der Waals surface area contributed by atoms with E-state index >= 15 is 0 Å². The fourth-order valence-electron chi connectivity index (χ4n) is 1.86. The number of aromatic nitrogens is 2. The van der Waals surface area contributed by atoms with Gasteiger partial charge in [0.15, 0.2) is 6.61 Å². The number of nitrogens with two attached hydrogens (primary N) is 1. The van der Waals surface area contributed by atoms with Gasteiger partial charge in [0, 0.05) is 6.42 Å². The molecule has 0 atom stereocenters. The second-order valence-corrected chi connectivity index (χ2v) is 6.20. The molecule has 2 N–H and O–H groups in total. The van der Waals surface area contributed by atoms with Crippen LogP contribution in [0.4, 0.5) is 0 Å². The van der Waals surface area contributed by atoms with E-state index in [-0.39, 0.29) is 11.5 Å². The lowest BCUT2D eigenvalue weighted by Gasteiger charge is -2.11. The number of hydrogen-bond donors (Lipinski definition) is 1. The summed E-state index contributed by atoms with van der Waals surface area (Å²) in [5.74, 6) is 1.55. The van der Waals surface area contributed by atoms with Crippen LogP contribution in [-0.4, -0.2) is 18.6 Å². The summed E-state index contributed by atoms with van der Waals surface area (Å²) >= 11 is 0. The average molecular weight is 311 g/mol. The number of sulfonamides is 1. The zero-order chi connectivity index (χ0) is 15.6. The van der Waals surface area contributed by atoms with Gasteiger partial charge in [0.2, 0.25) is 21.7 Å². The Kier molecular flexibility index (Phi) is 4.29. The molecular weight excluding hydrogens is 294 g/mol. The third kappa shape index (κ3) is 3.59. The highest BCUT2D eigenvalue weighted by molar-refractivity contribution is 7.89. The van der Waals surface area contributed by atoms with E-state index in [1.165, 1.54) is 6.07 Å². The van der Waals surface area contributed by atoms with Gasteiger partial charge in [0.25, 0.3) is 0 Å². The number of primary sulfonamides is 1. The highest BCUT2D eigenvalue weighted by Crippen LogP contribution is 2.25. The quantitative estimate of drug-likeness (QED) is 0.895. The average Bonchev–Trinajstić information content (AvgIpc) is 2.86. The number of benzene rings is 1. The summed E-state index contributed by atoms with van der Waals surface area (Å²) in [6.07, 6.45) is 0.661. The smallest absolute Gasteiger partial charge is 0.238 e. The Labute approximate surface area is 123 Å². The van der Waals surface area contributed by atoms with Crippen molar-refractivity contribution in [1.82, 2.24) is 10.1 Å². The highest BCUT2D eigenvalue weighted by Gasteiger charge is 2.15. The van der Waals surface area contributed by atoms with Gasteiger partial charge in [-0.15, -0.1) is 0 Å². The highest BCUT2D eigenvalue weighted by atomic mass is 32.2. The van der Waals surface area contributed by atoms with Crippen LogP contribution in [0.3, 0.4) is 0 Å². The van der Waals surface area contributed by atoms with Crippen molar-refractivity contribution in [3.05, 3.63) is 35.0 Å². The number of rotatable bonds is 5.